The van der Waals surface area contributed by atoms with Crippen molar-refractivity contribution >= 4 is 13.2 Å². The Labute approximate surface area is 127 Å². The van der Waals surface area contributed by atoms with Gasteiger partial charge in [-0.3, -0.25) is 0 Å². The third kappa shape index (κ3) is 3.20. The van der Waals surface area contributed by atoms with Crippen LogP contribution in [-0.4, -0.2) is 18.3 Å². The molecule has 0 atom stereocenters. The zero-order valence-corrected chi connectivity index (χ0v) is 12.8. The van der Waals surface area contributed by atoms with Crippen molar-refractivity contribution in [1.29, 1.82) is 0 Å². The largest absolute Gasteiger partial charge is 0.525 e. The van der Waals surface area contributed by atoms with Crippen molar-refractivity contribution in [2.45, 2.75) is 45.1 Å². The van der Waals surface area contributed by atoms with E-state index in [2.05, 4.69) is 0 Å². The Kier molecular flexibility index (Phi) is 4.17. The predicted octanol–water partition coefficient (Wildman–Crippen LogP) is 4.65. The number of hydrogen-bond acceptors (Lipinski definition) is 2. The van der Waals surface area contributed by atoms with Crippen LogP contribution in [0.1, 0.15) is 38.8 Å². The van der Waals surface area contributed by atoms with Crippen molar-refractivity contribution in [2.24, 2.45) is 0 Å². The van der Waals surface area contributed by atoms with E-state index in [1.165, 1.54) is 18.2 Å². The lowest BCUT2D eigenvalue weighted by Crippen LogP contribution is -2.41. The van der Waals surface area contributed by atoms with Crippen molar-refractivity contribution in [3.05, 3.63) is 41.1 Å². The molecule has 1 aliphatic rings. The van der Waals surface area contributed by atoms with E-state index in [0.717, 1.165) is 12.1 Å². The molecular weight excluding hydrogens is 299 g/mol. The third-order valence-electron chi connectivity index (χ3n) is 4.04. The molecule has 1 aromatic rings. The molecule has 1 fully saturated rings. The lowest BCUT2D eigenvalue weighted by atomic mass is 9.86. The first-order valence-corrected chi connectivity index (χ1v) is 6.83. The van der Waals surface area contributed by atoms with Crippen LogP contribution in [0.5, 0.6) is 0 Å². The molecular formula is C15H17BF4O2. The van der Waals surface area contributed by atoms with Gasteiger partial charge in [-0.25, -0.2) is 4.39 Å². The summed E-state index contributed by atoms with van der Waals surface area (Å²) in [6, 6.07) is 4.78. The maximum atomic E-state index is 14.3. The lowest BCUT2D eigenvalue weighted by molar-refractivity contribution is -0.137. The molecule has 1 aliphatic heterocycles. The summed E-state index contributed by atoms with van der Waals surface area (Å²) in [5.41, 5.74) is -3.57. The summed E-state index contributed by atoms with van der Waals surface area (Å²) in [4.78, 5) is 0. The molecule has 1 aromatic carbocycles. The predicted molar refractivity (Wildman–Crippen MR) is 76.6 cm³/mol. The van der Waals surface area contributed by atoms with E-state index in [1.54, 1.807) is 27.7 Å². The van der Waals surface area contributed by atoms with E-state index >= 15 is 0 Å². The molecule has 0 N–H and O–H groups in total. The Bertz CT molecular complexity index is 577. The van der Waals surface area contributed by atoms with E-state index in [4.69, 9.17) is 9.31 Å². The zero-order valence-electron chi connectivity index (χ0n) is 12.8. The van der Waals surface area contributed by atoms with E-state index < -0.39 is 35.8 Å². The highest BCUT2D eigenvalue weighted by atomic mass is 19.4. The molecule has 0 saturated carbocycles. The van der Waals surface area contributed by atoms with Gasteiger partial charge in [-0.15, -0.1) is 0 Å². The topological polar surface area (TPSA) is 18.5 Å². The number of alkyl halides is 3. The average Bonchev–Trinajstić information content (AvgIpc) is 2.58. The van der Waals surface area contributed by atoms with Gasteiger partial charge in [0.2, 0.25) is 0 Å². The lowest BCUT2D eigenvalue weighted by Gasteiger charge is -2.32. The number of benzene rings is 1. The average molecular weight is 316 g/mol. The molecule has 1 saturated heterocycles. The minimum Gasteiger partial charge on any atom is -0.398 e. The number of hydrogen-bond donors (Lipinski definition) is 0. The van der Waals surface area contributed by atoms with Crippen LogP contribution in [0.4, 0.5) is 17.6 Å². The van der Waals surface area contributed by atoms with Gasteiger partial charge in [-0.2, -0.15) is 13.2 Å². The third-order valence-corrected chi connectivity index (χ3v) is 4.04. The van der Waals surface area contributed by atoms with Gasteiger partial charge < -0.3 is 9.31 Å². The van der Waals surface area contributed by atoms with Crippen molar-refractivity contribution in [2.75, 3.05) is 0 Å². The molecule has 120 valence electrons. The molecule has 0 spiro atoms. The van der Waals surface area contributed by atoms with E-state index in [1.807, 2.05) is 0 Å². The monoisotopic (exact) mass is 316 g/mol. The molecule has 0 aliphatic carbocycles. The summed E-state index contributed by atoms with van der Waals surface area (Å²) in [5, 5.41) is 0. The second-order valence-electron chi connectivity index (χ2n) is 6.20. The fourth-order valence-corrected chi connectivity index (χ4v) is 2.05. The first-order chi connectivity index (χ1) is 9.94. The second-order valence-corrected chi connectivity index (χ2v) is 6.20. The van der Waals surface area contributed by atoms with Gasteiger partial charge in [0.05, 0.1) is 16.8 Å². The molecule has 22 heavy (non-hydrogen) atoms. The molecule has 0 unspecified atom stereocenters. The van der Waals surface area contributed by atoms with Gasteiger partial charge in [0.1, 0.15) is 5.73 Å². The van der Waals surface area contributed by atoms with Gasteiger partial charge in [0, 0.05) is 0 Å². The van der Waals surface area contributed by atoms with Crippen LogP contribution in [0.25, 0.3) is 6.08 Å². The van der Waals surface area contributed by atoms with Gasteiger partial charge in [-0.05, 0) is 45.4 Å². The highest BCUT2D eigenvalue weighted by Gasteiger charge is 2.53. The summed E-state index contributed by atoms with van der Waals surface area (Å²) >= 11 is 0. The van der Waals surface area contributed by atoms with E-state index in [0.29, 0.717) is 0 Å². The smallest absolute Gasteiger partial charge is 0.398 e. The van der Waals surface area contributed by atoms with E-state index in [9.17, 15) is 17.6 Å². The van der Waals surface area contributed by atoms with Gasteiger partial charge in [0.15, 0.2) is 0 Å². The van der Waals surface area contributed by atoms with Crippen LogP contribution in [0.3, 0.4) is 0 Å². The summed E-state index contributed by atoms with van der Waals surface area (Å²) < 4.78 is 64.0. The maximum absolute atomic E-state index is 14.3. The zero-order chi connectivity index (χ0) is 16.8. The maximum Gasteiger partial charge on any atom is 0.525 e. The van der Waals surface area contributed by atoms with Crippen LogP contribution < -0.4 is 0 Å². The minimum absolute atomic E-state index is 0.262. The molecule has 0 bridgehead atoms. The fourth-order valence-electron chi connectivity index (χ4n) is 2.05. The van der Waals surface area contributed by atoms with E-state index in [-0.39, 0.29) is 5.56 Å². The standard InChI is InChI=1S/C15H17BF4O2/c1-13(2)14(3,4)22-16(21-13)12(17)9-10-7-5-6-8-11(10)15(18,19)20/h5-9H,1-4H3. The Hall–Kier alpha value is -1.34. The Morgan fingerprint density at radius 2 is 1.55 bits per heavy atom. The highest BCUT2D eigenvalue weighted by Crippen LogP contribution is 2.39. The number of rotatable bonds is 2. The van der Waals surface area contributed by atoms with Gasteiger partial charge in [0.25, 0.3) is 0 Å². The van der Waals surface area contributed by atoms with Crippen molar-refractivity contribution in [1.82, 2.24) is 0 Å². The fraction of sp³-hybridized carbons (Fsp3) is 0.467. The molecule has 0 radical (unpaired) electrons. The van der Waals surface area contributed by atoms with Crippen LogP contribution >= 0.6 is 0 Å². The first-order valence-electron chi connectivity index (χ1n) is 6.83. The molecule has 2 rings (SSSR count). The summed E-state index contributed by atoms with van der Waals surface area (Å²) in [7, 11) is -1.31. The van der Waals surface area contributed by atoms with Gasteiger partial charge >= 0.3 is 13.3 Å². The van der Waals surface area contributed by atoms with Gasteiger partial charge in [-0.1, -0.05) is 18.2 Å². The summed E-state index contributed by atoms with van der Waals surface area (Å²) in [6.45, 7) is 6.96. The quantitative estimate of drug-likeness (QED) is 0.584. The normalized spacial score (nSPS) is 21.3. The SMILES string of the molecule is CC1(C)OB(C(F)=Cc2ccccc2C(F)(F)F)OC1(C)C. The summed E-state index contributed by atoms with van der Waals surface area (Å²) in [5.74, 6) is 0. The highest BCUT2D eigenvalue weighted by molar-refractivity contribution is 6.54. The Morgan fingerprint density at radius 3 is 2.05 bits per heavy atom. The number of halogens is 4. The Balaban J connectivity index is 2.32. The Morgan fingerprint density at radius 1 is 1.05 bits per heavy atom. The minimum atomic E-state index is -4.55. The molecule has 0 amide bonds. The molecule has 2 nitrogen and oxygen atoms in total. The molecule has 0 aromatic heterocycles. The second kappa shape index (κ2) is 5.39. The van der Waals surface area contributed by atoms with Crippen LogP contribution in [-0.2, 0) is 15.5 Å². The van der Waals surface area contributed by atoms with Crippen molar-refractivity contribution in [3.8, 4) is 0 Å². The molecule has 7 heteroatoms. The van der Waals surface area contributed by atoms with Crippen molar-refractivity contribution in [3.63, 3.8) is 0 Å². The first kappa shape index (κ1) is 17.0. The van der Waals surface area contributed by atoms with Crippen molar-refractivity contribution < 1.29 is 26.9 Å². The van der Waals surface area contributed by atoms with Crippen LogP contribution in [0, 0.1) is 0 Å². The molecule has 1 heterocycles. The van der Waals surface area contributed by atoms with Crippen LogP contribution in [0.2, 0.25) is 0 Å². The van der Waals surface area contributed by atoms with Crippen LogP contribution in [0.15, 0.2) is 30.0 Å². The summed E-state index contributed by atoms with van der Waals surface area (Å²) in [6.07, 6.45) is -3.74.